The maximum absolute atomic E-state index is 11.7. The zero-order valence-corrected chi connectivity index (χ0v) is 9.75. The lowest BCUT2D eigenvalue weighted by Gasteiger charge is -2.08. The molecule has 0 heterocycles. The normalized spacial score (nSPS) is 10.1. The highest BCUT2D eigenvalue weighted by Crippen LogP contribution is 2.13. The van der Waals surface area contributed by atoms with Crippen LogP contribution < -0.4 is 11.1 Å². The summed E-state index contributed by atoms with van der Waals surface area (Å²) < 4.78 is 5.12. The van der Waals surface area contributed by atoms with Crippen LogP contribution in [0, 0.1) is 6.92 Å². The number of carbonyl (C=O) groups excluding carboxylic acids is 1. The van der Waals surface area contributed by atoms with Crippen molar-refractivity contribution in [2.24, 2.45) is 0 Å². The van der Waals surface area contributed by atoms with E-state index in [1.165, 1.54) is 0 Å². The Balaban J connectivity index is 2.53. The Bertz CT molecular complexity index is 364. The zero-order chi connectivity index (χ0) is 12.0. The molecular weight excluding hydrogens is 204 g/mol. The van der Waals surface area contributed by atoms with Crippen LogP contribution in [0.2, 0.25) is 0 Å². The molecule has 1 aromatic rings. The number of ether oxygens (including phenoxy) is 1. The number of aryl methyl sites for hydroxylation is 1. The molecule has 4 nitrogen and oxygen atoms in total. The monoisotopic (exact) mass is 222 g/mol. The lowest BCUT2D eigenvalue weighted by atomic mass is 10.1. The van der Waals surface area contributed by atoms with Gasteiger partial charge in [-0.05, 0) is 31.5 Å². The van der Waals surface area contributed by atoms with Gasteiger partial charge in [0.15, 0.2) is 0 Å². The van der Waals surface area contributed by atoms with Gasteiger partial charge in [-0.15, -0.1) is 0 Å². The zero-order valence-electron chi connectivity index (χ0n) is 9.75. The Hall–Kier alpha value is -1.55. The summed E-state index contributed by atoms with van der Waals surface area (Å²) in [5, 5.41) is 2.75. The van der Waals surface area contributed by atoms with Gasteiger partial charge >= 0.3 is 0 Å². The second kappa shape index (κ2) is 6.12. The molecule has 0 aromatic heterocycles. The first kappa shape index (κ1) is 12.5. The molecule has 0 fully saturated rings. The van der Waals surface area contributed by atoms with E-state index in [0.717, 1.165) is 5.56 Å². The molecule has 0 bridgehead atoms. The lowest BCUT2D eigenvalue weighted by Crippen LogP contribution is -2.27. The quantitative estimate of drug-likeness (QED) is 0.583. The second-order valence-corrected chi connectivity index (χ2v) is 3.54. The third-order valence-corrected chi connectivity index (χ3v) is 2.19. The molecule has 0 aliphatic heterocycles. The molecule has 0 saturated heterocycles. The van der Waals surface area contributed by atoms with E-state index in [1.54, 1.807) is 12.1 Å². The molecule has 0 aliphatic carbocycles. The molecule has 0 atom stereocenters. The fourth-order valence-corrected chi connectivity index (χ4v) is 1.37. The molecule has 0 spiro atoms. The number of anilines is 1. The van der Waals surface area contributed by atoms with Crippen LogP contribution in [0.5, 0.6) is 0 Å². The second-order valence-electron chi connectivity index (χ2n) is 3.54. The van der Waals surface area contributed by atoms with Gasteiger partial charge in [-0.2, -0.15) is 0 Å². The van der Waals surface area contributed by atoms with Crippen LogP contribution in [0.15, 0.2) is 18.2 Å². The van der Waals surface area contributed by atoms with E-state index in [0.29, 0.717) is 31.0 Å². The van der Waals surface area contributed by atoms with E-state index in [4.69, 9.17) is 10.5 Å². The van der Waals surface area contributed by atoms with Crippen LogP contribution in [-0.2, 0) is 4.74 Å². The molecule has 1 amide bonds. The topological polar surface area (TPSA) is 64.3 Å². The van der Waals surface area contributed by atoms with Gasteiger partial charge in [-0.1, -0.05) is 6.07 Å². The standard InChI is InChI=1S/C12H18N2O2/c1-3-16-7-6-14-12(15)10-5-4-9(2)8-11(10)13/h4-5,8H,3,6-7,13H2,1-2H3,(H,14,15). The van der Waals surface area contributed by atoms with E-state index in [2.05, 4.69) is 5.32 Å². The third kappa shape index (κ3) is 3.55. The van der Waals surface area contributed by atoms with Gasteiger partial charge in [0.25, 0.3) is 5.91 Å². The van der Waals surface area contributed by atoms with Crippen molar-refractivity contribution in [3.05, 3.63) is 29.3 Å². The Morgan fingerprint density at radius 3 is 2.88 bits per heavy atom. The Kier molecular flexibility index (Phi) is 4.79. The number of benzene rings is 1. The number of hydrogen-bond acceptors (Lipinski definition) is 3. The minimum Gasteiger partial charge on any atom is -0.398 e. The molecule has 0 aliphatic rings. The number of nitrogens with two attached hydrogens (primary N) is 1. The maximum Gasteiger partial charge on any atom is 0.253 e. The van der Waals surface area contributed by atoms with Crippen molar-refractivity contribution in [1.82, 2.24) is 5.32 Å². The number of hydrogen-bond donors (Lipinski definition) is 2. The number of nitrogens with one attached hydrogen (secondary N) is 1. The molecule has 3 N–H and O–H groups in total. The van der Waals surface area contributed by atoms with Gasteiger partial charge in [-0.3, -0.25) is 4.79 Å². The van der Waals surface area contributed by atoms with Crippen molar-refractivity contribution in [2.75, 3.05) is 25.5 Å². The highest BCUT2D eigenvalue weighted by atomic mass is 16.5. The van der Waals surface area contributed by atoms with Crippen molar-refractivity contribution in [3.63, 3.8) is 0 Å². The van der Waals surface area contributed by atoms with Gasteiger partial charge in [0.05, 0.1) is 12.2 Å². The largest absolute Gasteiger partial charge is 0.398 e. The van der Waals surface area contributed by atoms with Gasteiger partial charge in [0.2, 0.25) is 0 Å². The summed E-state index contributed by atoms with van der Waals surface area (Å²) in [6.07, 6.45) is 0. The summed E-state index contributed by atoms with van der Waals surface area (Å²) in [6.45, 7) is 5.53. The highest BCUT2D eigenvalue weighted by Gasteiger charge is 2.08. The molecule has 88 valence electrons. The molecular formula is C12H18N2O2. The third-order valence-electron chi connectivity index (χ3n) is 2.19. The van der Waals surface area contributed by atoms with Crippen LogP contribution in [0.25, 0.3) is 0 Å². The average Bonchev–Trinajstić information content (AvgIpc) is 2.24. The van der Waals surface area contributed by atoms with E-state index >= 15 is 0 Å². The fourth-order valence-electron chi connectivity index (χ4n) is 1.37. The van der Waals surface area contributed by atoms with Crippen molar-refractivity contribution in [1.29, 1.82) is 0 Å². The Morgan fingerprint density at radius 1 is 1.50 bits per heavy atom. The van der Waals surface area contributed by atoms with Crippen molar-refractivity contribution in [3.8, 4) is 0 Å². The summed E-state index contributed by atoms with van der Waals surface area (Å²) in [6, 6.07) is 5.39. The maximum atomic E-state index is 11.7. The molecule has 0 radical (unpaired) electrons. The van der Waals surface area contributed by atoms with Gasteiger partial charge in [-0.25, -0.2) is 0 Å². The predicted octanol–water partition coefficient (Wildman–Crippen LogP) is 1.34. The highest BCUT2D eigenvalue weighted by molar-refractivity contribution is 5.99. The fraction of sp³-hybridized carbons (Fsp3) is 0.417. The van der Waals surface area contributed by atoms with Crippen LogP contribution >= 0.6 is 0 Å². The Labute approximate surface area is 95.8 Å². The summed E-state index contributed by atoms with van der Waals surface area (Å²) in [5.74, 6) is -0.155. The van der Waals surface area contributed by atoms with Crippen molar-refractivity contribution in [2.45, 2.75) is 13.8 Å². The van der Waals surface area contributed by atoms with Gasteiger partial charge in [0, 0.05) is 18.8 Å². The smallest absolute Gasteiger partial charge is 0.253 e. The Morgan fingerprint density at radius 2 is 2.25 bits per heavy atom. The summed E-state index contributed by atoms with van der Waals surface area (Å²) in [5.41, 5.74) is 7.83. The molecule has 1 aromatic carbocycles. The van der Waals surface area contributed by atoms with Gasteiger partial charge in [0.1, 0.15) is 0 Å². The molecule has 1 rings (SSSR count). The molecule has 0 saturated carbocycles. The molecule has 0 unspecified atom stereocenters. The van der Waals surface area contributed by atoms with Crippen LogP contribution in [0.4, 0.5) is 5.69 Å². The predicted molar refractivity (Wildman–Crippen MR) is 64.4 cm³/mol. The first-order chi connectivity index (χ1) is 7.65. The van der Waals surface area contributed by atoms with Crippen LogP contribution in [0.1, 0.15) is 22.8 Å². The van der Waals surface area contributed by atoms with E-state index in [1.807, 2.05) is 19.9 Å². The SMILES string of the molecule is CCOCCNC(=O)c1ccc(C)cc1N. The lowest BCUT2D eigenvalue weighted by molar-refractivity contribution is 0.0923. The average molecular weight is 222 g/mol. The van der Waals surface area contributed by atoms with Crippen LogP contribution in [0.3, 0.4) is 0 Å². The number of rotatable bonds is 5. The van der Waals surface area contributed by atoms with Crippen molar-refractivity contribution >= 4 is 11.6 Å². The summed E-state index contributed by atoms with van der Waals surface area (Å²) >= 11 is 0. The number of amides is 1. The van der Waals surface area contributed by atoms with Gasteiger partial charge < -0.3 is 15.8 Å². The molecule has 16 heavy (non-hydrogen) atoms. The number of carbonyl (C=O) groups is 1. The minimum absolute atomic E-state index is 0.155. The minimum atomic E-state index is -0.155. The van der Waals surface area contributed by atoms with E-state index in [9.17, 15) is 4.79 Å². The summed E-state index contributed by atoms with van der Waals surface area (Å²) in [4.78, 5) is 11.7. The van der Waals surface area contributed by atoms with E-state index in [-0.39, 0.29) is 5.91 Å². The van der Waals surface area contributed by atoms with Crippen molar-refractivity contribution < 1.29 is 9.53 Å². The van der Waals surface area contributed by atoms with E-state index < -0.39 is 0 Å². The van der Waals surface area contributed by atoms with Crippen LogP contribution in [-0.4, -0.2) is 25.7 Å². The first-order valence-corrected chi connectivity index (χ1v) is 5.37. The molecule has 4 heteroatoms. The number of nitrogen functional groups attached to an aromatic ring is 1. The first-order valence-electron chi connectivity index (χ1n) is 5.37. The summed E-state index contributed by atoms with van der Waals surface area (Å²) in [7, 11) is 0.